The molecule has 1 saturated carbocycles. The molecule has 1 fully saturated rings. The number of pyridine rings is 1. The van der Waals surface area contributed by atoms with Crippen LogP contribution in [0.25, 0.3) is 22.4 Å². The molecule has 0 amide bonds. The van der Waals surface area contributed by atoms with Gasteiger partial charge in [0.15, 0.2) is 5.82 Å². The van der Waals surface area contributed by atoms with Crippen LogP contribution in [0.1, 0.15) is 50.8 Å². The highest BCUT2D eigenvalue weighted by atomic mass is 16.5. The van der Waals surface area contributed by atoms with Gasteiger partial charge in [-0.15, -0.1) is 5.10 Å². The molecule has 3 heterocycles. The molecule has 1 aromatic carbocycles. The van der Waals surface area contributed by atoms with Crippen LogP contribution in [0.5, 0.6) is 5.75 Å². The van der Waals surface area contributed by atoms with E-state index in [4.69, 9.17) is 9.84 Å². The van der Waals surface area contributed by atoms with Crippen molar-refractivity contribution in [1.82, 2.24) is 24.1 Å². The lowest BCUT2D eigenvalue weighted by molar-refractivity contribution is 0.340. The van der Waals surface area contributed by atoms with Gasteiger partial charge in [-0.05, 0) is 50.1 Å². The van der Waals surface area contributed by atoms with Crippen LogP contribution in [-0.2, 0) is 0 Å². The molecule has 0 saturated heterocycles. The molecule has 0 bridgehead atoms. The average Bonchev–Trinajstić information content (AvgIpc) is 3.21. The molecule has 0 N–H and O–H groups in total. The minimum atomic E-state index is -0.129. The van der Waals surface area contributed by atoms with E-state index in [0.29, 0.717) is 23.7 Å². The summed E-state index contributed by atoms with van der Waals surface area (Å²) in [6, 6.07) is 9.39. The predicted octanol–water partition coefficient (Wildman–Crippen LogP) is 3.87. The Morgan fingerprint density at radius 3 is 2.66 bits per heavy atom. The first-order valence-electron chi connectivity index (χ1n) is 10.2. The van der Waals surface area contributed by atoms with Crippen molar-refractivity contribution in [1.29, 1.82) is 0 Å². The van der Waals surface area contributed by atoms with Gasteiger partial charge in [-0.1, -0.05) is 19.3 Å². The van der Waals surface area contributed by atoms with Crippen molar-refractivity contribution >= 4 is 16.7 Å². The fourth-order valence-corrected chi connectivity index (χ4v) is 4.14. The summed E-state index contributed by atoms with van der Waals surface area (Å²) in [6.45, 7) is 2.55. The first-order chi connectivity index (χ1) is 14.2. The van der Waals surface area contributed by atoms with E-state index in [1.807, 2.05) is 37.3 Å². The maximum Gasteiger partial charge on any atom is 0.266 e. The van der Waals surface area contributed by atoms with E-state index >= 15 is 0 Å². The molecule has 3 aromatic heterocycles. The third-order valence-corrected chi connectivity index (χ3v) is 5.65. The summed E-state index contributed by atoms with van der Waals surface area (Å²) >= 11 is 0. The smallest absolute Gasteiger partial charge is 0.266 e. The molecule has 7 heteroatoms. The Bertz CT molecular complexity index is 1220. The molecule has 0 aliphatic heterocycles. The van der Waals surface area contributed by atoms with Gasteiger partial charge in [0.05, 0.1) is 17.5 Å². The average molecular weight is 389 g/mol. The number of fused-ring (bicyclic) bond motifs is 3. The topological polar surface area (TPSA) is 74.3 Å². The quantitative estimate of drug-likeness (QED) is 0.530. The Morgan fingerprint density at radius 2 is 1.90 bits per heavy atom. The van der Waals surface area contributed by atoms with E-state index in [1.165, 1.54) is 19.3 Å². The molecule has 4 aromatic rings. The molecular weight excluding hydrogens is 366 g/mol. The van der Waals surface area contributed by atoms with Gasteiger partial charge < -0.3 is 4.74 Å². The first kappa shape index (κ1) is 17.8. The minimum absolute atomic E-state index is 0.129. The van der Waals surface area contributed by atoms with Crippen molar-refractivity contribution < 1.29 is 4.74 Å². The summed E-state index contributed by atoms with van der Waals surface area (Å²) in [5.74, 6) is 2.58. The molecule has 148 valence electrons. The number of nitrogens with zero attached hydrogens (tertiary/aromatic N) is 5. The second kappa shape index (κ2) is 7.31. The van der Waals surface area contributed by atoms with Crippen molar-refractivity contribution in [2.24, 2.45) is 0 Å². The third-order valence-electron chi connectivity index (χ3n) is 5.65. The van der Waals surface area contributed by atoms with Gasteiger partial charge in [-0.3, -0.25) is 9.36 Å². The monoisotopic (exact) mass is 389 g/mol. The summed E-state index contributed by atoms with van der Waals surface area (Å²) in [5, 5.41) is 5.24. The number of ether oxygens (including phenoxy) is 1. The van der Waals surface area contributed by atoms with Gasteiger partial charge in [0, 0.05) is 24.0 Å². The van der Waals surface area contributed by atoms with Crippen molar-refractivity contribution in [3.05, 3.63) is 58.9 Å². The summed E-state index contributed by atoms with van der Waals surface area (Å²) < 4.78 is 8.81. The SMILES string of the molecule is CCOc1ccc(-n2ccc3c(cnc4nc(C5CCCCC5)nn43)c2=O)cc1. The van der Waals surface area contributed by atoms with Crippen molar-refractivity contribution in [3.8, 4) is 11.4 Å². The van der Waals surface area contributed by atoms with E-state index < -0.39 is 0 Å². The zero-order valence-electron chi connectivity index (χ0n) is 16.4. The van der Waals surface area contributed by atoms with Crippen LogP contribution >= 0.6 is 0 Å². The van der Waals surface area contributed by atoms with Crippen LogP contribution < -0.4 is 10.3 Å². The molecule has 29 heavy (non-hydrogen) atoms. The molecule has 0 unspecified atom stereocenters. The molecule has 1 aliphatic carbocycles. The minimum Gasteiger partial charge on any atom is -0.494 e. The summed E-state index contributed by atoms with van der Waals surface area (Å²) in [5.41, 5.74) is 1.38. The van der Waals surface area contributed by atoms with Crippen LogP contribution in [0.4, 0.5) is 0 Å². The molecule has 7 nitrogen and oxygen atoms in total. The number of hydrogen-bond donors (Lipinski definition) is 0. The van der Waals surface area contributed by atoms with Gasteiger partial charge in [0.25, 0.3) is 11.3 Å². The summed E-state index contributed by atoms with van der Waals surface area (Å²) in [4.78, 5) is 22.2. The van der Waals surface area contributed by atoms with E-state index in [1.54, 1.807) is 21.5 Å². The lowest BCUT2D eigenvalue weighted by atomic mass is 9.89. The fraction of sp³-hybridized carbons (Fsp3) is 0.364. The lowest BCUT2D eigenvalue weighted by Crippen LogP contribution is -2.18. The van der Waals surface area contributed by atoms with E-state index in [2.05, 4.69) is 9.97 Å². The normalized spacial score (nSPS) is 15.2. The molecule has 5 rings (SSSR count). The Morgan fingerprint density at radius 1 is 1.10 bits per heavy atom. The Labute approximate surface area is 168 Å². The zero-order valence-corrected chi connectivity index (χ0v) is 16.4. The molecule has 0 atom stereocenters. The van der Waals surface area contributed by atoms with Gasteiger partial charge >= 0.3 is 0 Å². The summed E-state index contributed by atoms with van der Waals surface area (Å²) in [6.07, 6.45) is 9.37. The highest BCUT2D eigenvalue weighted by Gasteiger charge is 2.21. The zero-order chi connectivity index (χ0) is 19.8. The van der Waals surface area contributed by atoms with Gasteiger partial charge in [-0.2, -0.15) is 9.50 Å². The van der Waals surface area contributed by atoms with Crippen LogP contribution in [0.2, 0.25) is 0 Å². The third kappa shape index (κ3) is 3.16. The Hall–Kier alpha value is -3.22. The van der Waals surface area contributed by atoms with Gasteiger partial charge in [0.2, 0.25) is 0 Å². The van der Waals surface area contributed by atoms with Gasteiger partial charge in [-0.25, -0.2) is 4.98 Å². The van der Waals surface area contributed by atoms with E-state index in [-0.39, 0.29) is 5.56 Å². The van der Waals surface area contributed by atoms with Crippen molar-refractivity contribution in [2.45, 2.75) is 44.9 Å². The molecular formula is C22H23N5O2. The van der Waals surface area contributed by atoms with E-state index in [0.717, 1.165) is 35.6 Å². The molecule has 1 aliphatic rings. The second-order valence-corrected chi connectivity index (χ2v) is 7.49. The highest BCUT2D eigenvalue weighted by molar-refractivity contribution is 5.79. The second-order valence-electron chi connectivity index (χ2n) is 7.49. The summed E-state index contributed by atoms with van der Waals surface area (Å²) in [7, 11) is 0. The van der Waals surface area contributed by atoms with Crippen molar-refractivity contribution in [2.75, 3.05) is 6.61 Å². The number of rotatable bonds is 4. The Kier molecular flexibility index (Phi) is 4.50. The van der Waals surface area contributed by atoms with Crippen molar-refractivity contribution in [3.63, 3.8) is 0 Å². The van der Waals surface area contributed by atoms with Crippen LogP contribution in [-0.4, -0.2) is 30.8 Å². The van der Waals surface area contributed by atoms with Crippen LogP contribution in [0.3, 0.4) is 0 Å². The van der Waals surface area contributed by atoms with Crippen LogP contribution in [0, 0.1) is 0 Å². The lowest BCUT2D eigenvalue weighted by Gasteiger charge is -2.17. The maximum absolute atomic E-state index is 13.1. The number of aromatic nitrogens is 5. The van der Waals surface area contributed by atoms with Gasteiger partial charge in [0.1, 0.15) is 5.75 Å². The fourth-order valence-electron chi connectivity index (χ4n) is 4.14. The molecule has 0 spiro atoms. The highest BCUT2D eigenvalue weighted by Crippen LogP contribution is 2.31. The predicted molar refractivity (Wildman–Crippen MR) is 111 cm³/mol. The van der Waals surface area contributed by atoms with Crippen LogP contribution in [0.15, 0.2) is 47.5 Å². The number of hydrogen-bond acceptors (Lipinski definition) is 5. The molecule has 0 radical (unpaired) electrons. The maximum atomic E-state index is 13.1. The number of benzene rings is 1. The largest absolute Gasteiger partial charge is 0.494 e. The Balaban J connectivity index is 1.58. The van der Waals surface area contributed by atoms with E-state index in [9.17, 15) is 4.79 Å². The standard InChI is InChI=1S/C22H23N5O2/c1-2-29-17-10-8-16(9-11-17)26-13-12-19-18(21(26)28)14-23-22-24-20(25-27(19)22)15-6-4-3-5-7-15/h8-15H,2-7H2,1H3. The first-order valence-corrected chi connectivity index (χ1v) is 10.2.